The lowest BCUT2D eigenvalue weighted by atomic mass is 10.0. The van der Waals surface area contributed by atoms with Crippen molar-refractivity contribution >= 4 is 5.91 Å². The van der Waals surface area contributed by atoms with Crippen LogP contribution in [0.15, 0.2) is 36.8 Å². The lowest BCUT2D eigenvalue weighted by molar-refractivity contribution is -0.126. The summed E-state index contributed by atoms with van der Waals surface area (Å²) in [6.45, 7) is 5.44. The van der Waals surface area contributed by atoms with Gasteiger partial charge in [0.05, 0.1) is 18.6 Å². The highest BCUT2D eigenvalue weighted by atomic mass is 16.2. The summed E-state index contributed by atoms with van der Waals surface area (Å²) in [7, 11) is 3.83. The Hall–Kier alpha value is -2.14. The average molecular weight is 300 g/mol. The molecular weight excluding hydrogens is 276 g/mol. The Balaban J connectivity index is 2.09. The second kappa shape index (κ2) is 7.22. The zero-order chi connectivity index (χ0) is 16.1. The third kappa shape index (κ3) is 3.74. The van der Waals surface area contributed by atoms with E-state index < -0.39 is 0 Å². The maximum atomic E-state index is 12.6. The van der Waals surface area contributed by atoms with Crippen molar-refractivity contribution in [3.8, 4) is 0 Å². The van der Waals surface area contributed by atoms with E-state index in [-0.39, 0.29) is 11.9 Å². The Morgan fingerprint density at radius 3 is 2.59 bits per heavy atom. The summed E-state index contributed by atoms with van der Waals surface area (Å²) in [5, 5.41) is 3.01. The summed E-state index contributed by atoms with van der Waals surface area (Å²) in [6.07, 6.45) is 3.57. The molecule has 5 heteroatoms. The van der Waals surface area contributed by atoms with E-state index in [1.807, 2.05) is 54.8 Å². The SMILES string of the molecule is CCn1cncc1CNC(=O)C(c1ccc(C)cc1)N(C)C. The number of hydrogen-bond acceptors (Lipinski definition) is 3. The fourth-order valence-corrected chi connectivity index (χ4v) is 2.49. The number of benzene rings is 1. The number of aryl methyl sites for hydroxylation is 2. The molecule has 118 valence electrons. The minimum absolute atomic E-state index is 0.00212. The van der Waals surface area contributed by atoms with Gasteiger partial charge in [-0.1, -0.05) is 29.8 Å². The van der Waals surface area contributed by atoms with E-state index in [4.69, 9.17) is 0 Å². The number of aromatic nitrogens is 2. The van der Waals surface area contributed by atoms with Gasteiger partial charge in [0, 0.05) is 12.7 Å². The average Bonchev–Trinajstić information content (AvgIpc) is 2.94. The first kappa shape index (κ1) is 16.2. The molecule has 0 aliphatic carbocycles. The Kier molecular flexibility index (Phi) is 5.33. The topological polar surface area (TPSA) is 50.2 Å². The summed E-state index contributed by atoms with van der Waals surface area (Å²) >= 11 is 0. The molecule has 0 aliphatic heterocycles. The summed E-state index contributed by atoms with van der Waals surface area (Å²) in [4.78, 5) is 18.6. The van der Waals surface area contributed by atoms with Crippen LogP contribution in [0.3, 0.4) is 0 Å². The number of imidazole rings is 1. The van der Waals surface area contributed by atoms with Gasteiger partial charge < -0.3 is 9.88 Å². The van der Waals surface area contributed by atoms with E-state index >= 15 is 0 Å². The number of carbonyl (C=O) groups excluding carboxylic acids is 1. The van der Waals surface area contributed by atoms with Crippen LogP contribution in [0.25, 0.3) is 0 Å². The molecule has 5 nitrogen and oxygen atoms in total. The van der Waals surface area contributed by atoms with Crippen LogP contribution in [0.2, 0.25) is 0 Å². The van der Waals surface area contributed by atoms with E-state index in [2.05, 4.69) is 17.2 Å². The van der Waals surface area contributed by atoms with E-state index in [9.17, 15) is 4.79 Å². The summed E-state index contributed by atoms with van der Waals surface area (Å²) < 4.78 is 2.02. The Labute approximate surface area is 132 Å². The van der Waals surface area contributed by atoms with Crippen molar-refractivity contribution in [3.05, 3.63) is 53.6 Å². The molecule has 1 unspecified atom stereocenters. The molecule has 0 fully saturated rings. The molecule has 2 rings (SSSR count). The van der Waals surface area contributed by atoms with E-state index in [0.717, 1.165) is 17.8 Å². The smallest absolute Gasteiger partial charge is 0.242 e. The Morgan fingerprint density at radius 1 is 1.32 bits per heavy atom. The normalized spacial score (nSPS) is 12.4. The first-order valence-corrected chi connectivity index (χ1v) is 7.52. The summed E-state index contributed by atoms with van der Waals surface area (Å²) in [6, 6.07) is 7.79. The monoisotopic (exact) mass is 300 g/mol. The molecule has 1 aromatic carbocycles. The third-order valence-electron chi connectivity index (χ3n) is 3.74. The lowest BCUT2D eigenvalue weighted by Gasteiger charge is -2.24. The molecule has 0 bridgehead atoms. The number of nitrogens with one attached hydrogen (secondary N) is 1. The van der Waals surface area contributed by atoms with E-state index in [1.165, 1.54) is 5.56 Å². The van der Waals surface area contributed by atoms with Crippen LogP contribution in [0.1, 0.15) is 29.8 Å². The molecule has 0 spiro atoms. The Morgan fingerprint density at radius 2 is 2.00 bits per heavy atom. The fraction of sp³-hybridized carbons (Fsp3) is 0.412. The molecule has 2 aromatic rings. The minimum atomic E-state index is -0.293. The third-order valence-corrected chi connectivity index (χ3v) is 3.74. The van der Waals surface area contributed by atoms with E-state index in [1.54, 1.807) is 12.5 Å². The predicted octanol–water partition coefficient (Wildman–Crippen LogP) is 2.13. The second-order valence-corrected chi connectivity index (χ2v) is 5.67. The van der Waals surface area contributed by atoms with Crippen molar-refractivity contribution in [1.29, 1.82) is 0 Å². The summed E-state index contributed by atoms with van der Waals surface area (Å²) in [5.74, 6) is -0.00212. The lowest BCUT2D eigenvalue weighted by Crippen LogP contribution is -2.37. The predicted molar refractivity (Wildman–Crippen MR) is 87.4 cm³/mol. The highest BCUT2D eigenvalue weighted by molar-refractivity contribution is 5.83. The van der Waals surface area contributed by atoms with Crippen LogP contribution in [0.5, 0.6) is 0 Å². The van der Waals surface area contributed by atoms with Gasteiger partial charge in [0.1, 0.15) is 6.04 Å². The molecular formula is C17H24N4O. The van der Waals surface area contributed by atoms with Crippen LogP contribution in [0, 0.1) is 6.92 Å². The first-order valence-electron chi connectivity index (χ1n) is 7.52. The Bertz CT molecular complexity index is 616. The van der Waals surface area contributed by atoms with E-state index in [0.29, 0.717) is 6.54 Å². The highest BCUT2D eigenvalue weighted by Crippen LogP contribution is 2.19. The van der Waals surface area contributed by atoms with Gasteiger partial charge in [0.15, 0.2) is 0 Å². The number of likely N-dealkylation sites (N-methyl/N-ethyl adjacent to an activating group) is 1. The molecule has 0 saturated carbocycles. The van der Waals surface area contributed by atoms with Gasteiger partial charge in [-0.25, -0.2) is 4.98 Å². The van der Waals surface area contributed by atoms with Crippen LogP contribution in [-0.2, 0) is 17.9 Å². The molecule has 1 heterocycles. The van der Waals surface area contributed by atoms with Crippen molar-refractivity contribution in [2.45, 2.75) is 33.0 Å². The van der Waals surface area contributed by atoms with Crippen molar-refractivity contribution in [2.75, 3.05) is 14.1 Å². The van der Waals surface area contributed by atoms with Crippen molar-refractivity contribution in [2.24, 2.45) is 0 Å². The second-order valence-electron chi connectivity index (χ2n) is 5.67. The zero-order valence-electron chi connectivity index (χ0n) is 13.7. The molecule has 1 N–H and O–H groups in total. The van der Waals surface area contributed by atoms with Gasteiger partial charge >= 0.3 is 0 Å². The van der Waals surface area contributed by atoms with Crippen LogP contribution in [-0.4, -0.2) is 34.5 Å². The van der Waals surface area contributed by atoms with Gasteiger partial charge in [0.2, 0.25) is 5.91 Å². The number of carbonyl (C=O) groups is 1. The number of hydrogen-bond donors (Lipinski definition) is 1. The number of nitrogens with zero attached hydrogens (tertiary/aromatic N) is 3. The van der Waals surface area contributed by atoms with Crippen molar-refractivity contribution in [3.63, 3.8) is 0 Å². The van der Waals surface area contributed by atoms with Crippen LogP contribution in [0.4, 0.5) is 0 Å². The maximum absolute atomic E-state index is 12.6. The van der Waals surface area contributed by atoms with Crippen molar-refractivity contribution < 1.29 is 4.79 Å². The molecule has 1 aromatic heterocycles. The highest BCUT2D eigenvalue weighted by Gasteiger charge is 2.22. The number of amides is 1. The van der Waals surface area contributed by atoms with Crippen LogP contribution < -0.4 is 5.32 Å². The molecule has 0 aliphatic rings. The van der Waals surface area contributed by atoms with Crippen molar-refractivity contribution in [1.82, 2.24) is 19.8 Å². The summed E-state index contributed by atoms with van der Waals surface area (Å²) in [5.41, 5.74) is 3.20. The molecule has 1 atom stereocenters. The molecule has 0 radical (unpaired) electrons. The number of rotatable bonds is 6. The van der Waals surface area contributed by atoms with Gasteiger partial charge in [-0.2, -0.15) is 0 Å². The standard InChI is InChI=1S/C17H24N4O/c1-5-21-12-18-10-15(21)11-19-17(22)16(20(3)4)14-8-6-13(2)7-9-14/h6-10,12,16H,5,11H2,1-4H3,(H,19,22). The molecule has 0 saturated heterocycles. The van der Waals surface area contributed by atoms with Gasteiger partial charge in [-0.3, -0.25) is 9.69 Å². The molecule has 1 amide bonds. The zero-order valence-corrected chi connectivity index (χ0v) is 13.7. The minimum Gasteiger partial charge on any atom is -0.349 e. The van der Waals surface area contributed by atoms with Gasteiger partial charge in [0.25, 0.3) is 0 Å². The fourth-order valence-electron chi connectivity index (χ4n) is 2.49. The quantitative estimate of drug-likeness (QED) is 0.889. The largest absolute Gasteiger partial charge is 0.349 e. The first-order chi connectivity index (χ1) is 10.5. The van der Waals surface area contributed by atoms with Gasteiger partial charge in [-0.15, -0.1) is 0 Å². The maximum Gasteiger partial charge on any atom is 0.242 e. The molecule has 22 heavy (non-hydrogen) atoms. The van der Waals surface area contributed by atoms with Gasteiger partial charge in [-0.05, 0) is 33.5 Å². The van der Waals surface area contributed by atoms with Crippen LogP contribution >= 0.6 is 0 Å².